The molecule has 0 atom stereocenters. The SMILES string of the molecule is Ic1cccc(/C=N\Nc2nc3ccccc3s2)c1. The van der Waals surface area contributed by atoms with Crippen molar-refractivity contribution >= 4 is 55.5 Å². The minimum atomic E-state index is 0.808. The molecule has 1 aromatic heterocycles. The van der Waals surface area contributed by atoms with Gasteiger partial charge in [-0.3, -0.25) is 5.43 Å². The zero-order chi connectivity index (χ0) is 13.1. The van der Waals surface area contributed by atoms with Gasteiger partial charge in [-0.05, 0) is 52.4 Å². The maximum absolute atomic E-state index is 4.45. The van der Waals surface area contributed by atoms with Crippen LogP contribution in [0.5, 0.6) is 0 Å². The number of aromatic nitrogens is 1. The van der Waals surface area contributed by atoms with Crippen molar-refractivity contribution < 1.29 is 0 Å². The van der Waals surface area contributed by atoms with Gasteiger partial charge in [0.2, 0.25) is 5.13 Å². The normalized spacial score (nSPS) is 11.2. The van der Waals surface area contributed by atoms with E-state index in [1.54, 1.807) is 17.6 Å². The highest BCUT2D eigenvalue weighted by atomic mass is 127. The molecule has 0 saturated carbocycles. The molecule has 0 aliphatic carbocycles. The van der Waals surface area contributed by atoms with Gasteiger partial charge in [0.1, 0.15) is 0 Å². The Hall–Kier alpha value is -1.47. The molecule has 0 amide bonds. The third-order valence-corrected chi connectivity index (χ3v) is 4.13. The maximum Gasteiger partial charge on any atom is 0.204 e. The van der Waals surface area contributed by atoms with E-state index >= 15 is 0 Å². The van der Waals surface area contributed by atoms with Crippen LogP contribution in [0.25, 0.3) is 10.2 Å². The lowest BCUT2D eigenvalue weighted by Crippen LogP contribution is -1.89. The van der Waals surface area contributed by atoms with Crippen molar-refractivity contribution in [1.29, 1.82) is 0 Å². The Morgan fingerprint density at radius 3 is 2.89 bits per heavy atom. The minimum Gasteiger partial charge on any atom is -0.253 e. The van der Waals surface area contributed by atoms with Crippen LogP contribution < -0.4 is 5.43 Å². The molecule has 0 spiro atoms. The van der Waals surface area contributed by atoms with E-state index in [0.29, 0.717) is 0 Å². The third kappa shape index (κ3) is 3.10. The van der Waals surface area contributed by atoms with E-state index in [4.69, 9.17) is 0 Å². The second kappa shape index (κ2) is 5.66. The van der Waals surface area contributed by atoms with Gasteiger partial charge in [-0.2, -0.15) is 5.10 Å². The summed E-state index contributed by atoms with van der Waals surface area (Å²) in [6.07, 6.45) is 1.80. The first-order chi connectivity index (χ1) is 9.31. The number of nitrogens with zero attached hydrogens (tertiary/aromatic N) is 2. The molecule has 1 N–H and O–H groups in total. The Bertz CT molecular complexity index is 703. The maximum atomic E-state index is 4.45. The van der Waals surface area contributed by atoms with Gasteiger partial charge in [0.25, 0.3) is 0 Å². The largest absolute Gasteiger partial charge is 0.253 e. The molecule has 0 aliphatic rings. The average Bonchev–Trinajstić information content (AvgIpc) is 2.81. The zero-order valence-electron chi connectivity index (χ0n) is 9.88. The lowest BCUT2D eigenvalue weighted by molar-refractivity contribution is 1.31. The zero-order valence-corrected chi connectivity index (χ0v) is 12.9. The molecule has 3 aromatic rings. The van der Waals surface area contributed by atoms with E-state index in [1.807, 2.05) is 30.3 Å². The molecule has 0 unspecified atom stereocenters. The molecule has 0 fully saturated rings. The fourth-order valence-corrected chi connectivity index (χ4v) is 3.05. The Balaban J connectivity index is 1.75. The summed E-state index contributed by atoms with van der Waals surface area (Å²) in [7, 11) is 0. The summed E-state index contributed by atoms with van der Waals surface area (Å²) in [5.41, 5.74) is 5.05. The topological polar surface area (TPSA) is 37.3 Å². The van der Waals surface area contributed by atoms with Crippen molar-refractivity contribution in [2.45, 2.75) is 0 Å². The Morgan fingerprint density at radius 1 is 1.16 bits per heavy atom. The first-order valence-electron chi connectivity index (χ1n) is 5.71. The summed E-state index contributed by atoms with van der Waals surface area (Å²) in [5.74, 6) is 0. The van der Waals surface area contributed by atoms with Crippen molar-refractivity contribution in [2.24, 2.45) is 5.10 Å². The van der Waals surface area contributed by atoms with Crippen molar-refractivity contribution in [3.8, 4) is 0 Å². The monoisotopic (exact) mass is 379 g/mol. The molecule has 94 valence electrons. The highest BCUT2D eigenvalue weighted by molar-refractivity contribution is 14.1. The number of halogens is 1. The fourth-order valence-electron chi connectivity index (χ4n) is 1.67. The molecular weight excluding hydrogens is 369 g/mol. The number of hydrogen-bond donors (Lipinski definition) is 1. The molecule has 5 heteroatoms. The molecule has 0 saturated heterocycles. The van der Waals surface area contributed by atoms with Crippen molar-refractivity contribution in [1.82, 2.24) is 4.98 Å². The van der Waals surface area contributed by atoms with Gasteiger partial charge < -0.3 is 0 Å². The van der Waals surface area contributed by atoms with Crippen LogP contribution in [-0.2, 0) is 0 Å². The van der Waals surface area contributed by atoms with E-state index in [1.165, 1.54) is 3.57 Å². The number of anilines is 1. The molecule has 3 nitrogen and oxygen atoms in total. The van der Waals surface area contributed by atoms with Crippen LogP contribution in [0.4, 0.5) is 5.13 Å². The summed E-state index contributed by atoms with van der Waals surface area (Å²) in [4.78, 5) is 4.45. The van der Waals surface area contributed by atoms with Crippen molar-refractivity contribution in [3.05, 3.63) is 57.7 Å². The molecular formula is C14H10IN3S. The second-order valence-corrected chi connectivity index (χ2v) is 6.19. The number of benzene rings is 2. The summed E-state index contributed by atoms with van der Waals surface area (Å²) in [5, 5.41) is 5.03. The minimum absolute atomic E-state index is 0.808. The van der Waals surface area contributed by atoms with E-state index in [0.717, 1.165) is 20.9 Å². The van der Waals surface area contributed by atoms with Crippen LogP contribution in [0.3, 0.4) is 0 Å². The van der Waals surface area contributed by atoms with E-state index in [9.17, 15) is 0 Å². The number of fused-ring (bicyclic) bond motifs is 1. The van der Waals surface area contributed by atoms with Gasteiger partial charge in [-0.15, -0.1) is 0 Å². The Kier molecular flexibility index (Phi) is 3.74. The van der Waals surface area contributed by atoms with Crippen LogP contribution >= 0.6 is 33.9 Å². The van der Waals surface area contributed by atoms with Crippen molar-refractivity contribution in [2.75, 3.05) is 5.43 Å². The number of hydrazone groups is 1. The first-order valence-corrected chi connectivity index (χ1v) is 7.61. The van der Waals surface area contributed by atoms with Gasteiger partial charge in [-0.25, -0.2) is 4.98 Å². The second-order valence-electron chi connectivity index (χ2n) is 3.91. The summed E-state index contributed by atoms with van der Waals surface area (Å²) in [6, 6.07) is 16.2. The van der Waals surface area contributed by atoms with Gasteiger partial charge in [0.15, 0.2) is 0 Å². The lowest BCUT2D eigenvalue weighted by atomic mass is 10.2. The molecule has 0 radical (unpaired) electrons. The van der Waals surface area contributed by atoms with Crippen LogP contribution in [0.2, 0.25) is 0 Å². The van der Waals surface area contributed by atoms with Crippen LogP contribution in [0, 0.1) is 3.57 Å². The highest BCUT2D eigenvalue weighted by Gasteiger charge is 2.00. The summed E-state index contributed by atoms with van der Waals surface area (Å²) < 4.78 is 2.36. The molecule has 3 rings (SSSR count). The van der Waals surface area contributed by atoms with E-state index in [2.05, 4.69) is 56.3 Å². The van der Waals surface area contributed by atoms with Gasteiger partial charge in [0.05, 0.1) is 16.4 Å². The number of nitrogens with one attached hydrogen (secondary N) is 1. The molecule has 1 heterocycles. The van der Waals surface area contributed by atoms with Crippen LogP contribution in [-0.4, -0.2) is 11.2 Å². The van der Waals surface area contributed by atoms with Crippen LogP contribution in [0.1, 0.15) is 5.56 Å². The number of thiazole rings is 1. The summed E-state index contributed by atoms with van der Waals surface area (Å²) >= 11 is 3.88. The quantitative estimate of drug-likeness (QED) is 0.418. The van der Waals surface area contributed by atoms with Gasteiger partial charge >= 0.3 is 0 Å². The number of para-hydroxylation sites is 1. The van der Waals surface area contributed by atoms with Gasteiger partial charge in [-0.1, -0.05) is 35.6 Å². The summed E-state index contributed by atoms with van der Waals surface area (Å²) in [6.45, 7) is 0. The first kappa shape index (κ1) is 12.6. The van der Waals surface area contributed by atoms with Crippen molar-refractivity contribution in [3.63, 3.8) is 0 Å². The fraction of sp³-hybridized carbons (Fsp3) is 0. The van der Waals surface area contributed by atoms with E-state index < -0.39 is 0 Å². The smallest absolute Gasteiger partial charge is 0.204 e. The molecule has 0 bridgehead atoms. The molecule has 2 aromatic carbocycles. The lowest BCUT2D eigenvalue weighted by Gasteiger charge is -1.94. The standard InChI is InChI=1S/C14H10IN3S/c15-11-5-3-4-10(8-11)9-16-18-14-17-12-6-1-2-7-13(12)19-14/h1-9H,(H,17,18)/b16-9-. The Labute approximate surface area is 128 Å². The number of rotatable bonds is 3. The predicted molar refractivity (Wildman–Crippen MR) is 90.0 cm³/mol. The third-order valence-electron chi connectivity index (χ3n) is 2.52. The Morgan fingerprint density at radius 2 is 2.05 bits per heavy atom. The van der Waals surface area contributed by atoms with Gasteiger partial charge in [0, 0.05) is 3.57 Å². The molecule has 0 aliphatic heterocycles. The average molecular weight is 379 g/mol. The van der Waals surface area contributed by atoms with Crippen LogP contribution in [0.15, 0.2) is 53.6 Å². The van der Waals surface area contributed by atoms with E-state index in [-0.39, 0.29) is 0 Å². The number of hydrogen-bond acceptors (Lipinski definition) is 4. The molecule has 19 heavy (non-hydrogen) atoms. The highest BCUT2D eigenvalue weighted by Crippen LogP contribution is 2.25. The predicted octanol–water partition coefficient (Wildman–Crippen LogP) is 4.35.